The van der Waals surface area contributed by atoms with Crippen molar-refractivity contribution in [1.82, 2.24) is 0 Å². The zero-order chi connectivity index (χ0) is 9.14. The highest BCUT2D eigenvalue weighted by Crippen LogP contribution is 2.17. The first-order valence-corrected chi connectivity index (χ1v) is 3.29. The van der Waals surface area contributed by atoms with Gasteiger partial charge in [-0.3, -0.25) is 0 Å². The highest BCUT2D eigenvalue weighted by molar-refractivity contribution is 5.72. The van der Waals surface area contributed by atoms with Gasteiger partial charge < -0.3 is 20.1 Å². The summed E-state index contributed by atoms with van der Waals surface area (Å²) in [7, 11) is 0. The normalized spacial score (nSPS) is 12.4. The number of carbonyl (C=O) groups excluding carboxylic acids is 1. The number of rotatable bonds is 2. The molecule has 0 amide bonds. The monoisotopic (exact) mass is 167 g/mol. The molecular formula is C8H7O4-. The molecule has 0 aromatic heterocycles. The number of carboxylic acids is 1. The van der Waals surface area contributed by atoms with Gasteiger partial charge in [0.25, 0.3) is 0 Å². The molecule has 12 heavy (non-hydrogen) atoms. The second kappa shape index (κ2) is 3.23. The van der Waals surface area contributed by atoms with Crippen molar-refractivity contribution < 1.29 is 20.1 Å². The number of aliphatic carboxylic acids is 1. The third-order valence-corrected chi connectivity index (χ3v) is 1.41. The molecule has 0 fully saturated rings. The van der Waals surface area contributed by atoms with Crippen molar-refractivity contribution in [3.05, 3.63) is 29.8 Å². The summed E-state index contributed by atoms with van der Waals surface area (Å²) in [5.41, 5.74) is 0.106. The number of carboxylic acid groups (broad SMARTS) is 1. The first-order chi connectivity index (χ1) is 5.61. The molecule has 2 N–H and O–H groups in total. The molecule has 4 nitrogen and oxygen atoms in total. The summed E-state index contributed by atoms with van der Waals surface area (Å²) >= 11 is 0. The molecule has 4 heteroatoms. The van der Waals surface area contributed by atoms with Crippen LogP contribution in [-0.4, -0.2) is 16.2 Å². The van der Waals surface area contributed by atoms with Gasteiger partial charge in [-0.25, -0.2) is 0 Å². The van der Waals surface area contributed by atoms with Crippen LogP contribution in [0.1, 0.15) is 11.7 Å². The van der Waals surface area contributed by atoms with E-state index in [2.05, 4.69) is 0 Å². The van der Waals surface area contributed by atoms with Crippen molar-refractivity contribution >= 4 is 5.97 Å². The van der Waals surface area contributed by atoms with E-state index >= 15 is 0 Å². The molecule has 64 valence electrons. The SMILES string of the molecule is O=C([O-])C(O)c1cccc(O)c1. The lowest BCUT2D eigenvalue weighted by molar-refractivity contribution is -0.315. The molecule has 0 saturated carbocycles. The topological polar surface area (TPSA) is 80.6 Å². The number of hydrogen-bond acceptors (Lipinski definition) is 4. The average Bonchev–Trinajstić information content (AvgIpc) is 2.03. The van der Waals surface area contributed by atoms with Gasteiger partial charge in [0.2, 0.25) is 0 Å². The van der Waals surface area contributed by atoms with Gasteiger partial charge in [-0.05, 0) is 17.7 Å². The first-order valence-electron chi connectivity index (χ1n) is 3.29. The molecule has 0 saturated heterocycles. The van der Waals surface area contributed by atoms with Crippen molar-refractivity contribution in [2.75, 3.05) is 0 Å². The van der Waals surface area contributed by atoms with E-state index in [1.54, 1.807) is 0 Å². The van der Waals surface area contributed by atoms with E-state index in [0.717, 1.165) is 0 Å². The highest BCUT2D eigenvalue weighted by atomic mass is 16.4. The van der Waals surface area contributed by atoms with Gasteiger partial charge in [-0.2, -0.15) is 0 Å². The molecule has 1 aromatic carbocycles. The van der Waals surface area contributed by atoms with Crippen molar-refractivity contribution in [2.24, 2.45) is 0 Å². The third-order valence-electron chi connectivity index (χ3n) is 1.41. The Kier molecular flexibility index (Phi) is 2.30. The summed E-state index contributed by atoms with van der Waals surface area (Å²) in [5, 5.41) is 28.0. The molecule has 0 bridgehead atoms. The molecule has 0 aliphatic carbocycles. The Morgan fingerprint density at radius 1 is 1.50 bits per heavy atom. The summed E-state index contributed by atoms with van der Waals surface area (Å²) in [6.45, 7) is 0. The van der Waals surface area contributed by atoms with Crippen LogP contribution in [-0.2, 0) is 4.79 Å². The van der Waals surface area contributed by atoms with Crippen molar-refractivity contribution in [3.63, 3.8) is 0 Å². The Bertz CT molecular complexity index is 295. The second-order valence-electron chi connectivity index (χ2n) is 2.32. The number of benzene rings is 1. The lowest BCUT2D eigenvalue weighted by atomic mass is 10.1. The number of carbonyl (C=O) groups is 1. The summed E-state index contributed by atoms with van der Waals surface area (Å²) in [4.78, 5) is 10.2. The van der Waals surface area contributed by atoms with Gasteiger partial charge in [0.15, 0.2) is 0 Å². The number of aliphatic hydroxyl groups excluding tert-OH is 1. The molecule has 1 rings (SSSR count). The van der Waals surface area contributed by atoms with E-state index < -0.39 is 12.1 Å². The van der Waals surface area contributed by atoms with Gasteiger partial charge in [0.1, 0.15) is 11.9 Å². The van der Waals surface area contributed by atoms with Gasteiger partial charge in [0.05, 0.1) is 5.97 Å². The van der Waals surface area contributed by atoms with E-state index in [9.17, 15) is 9.90 Å². The van der Waals surface area contributed by atoms with Crippen LogP contribution in [0.15, 0.2) is 24.3 Å². The summed E-state index contributed by atoms with van der Waals surface area (Å²) < 4.78 is 0. The standard InChI is InChI=1S/C8H8O4/c9-6-3-1-2-5(4-6)7(10)8(11)12/h1-4,7,9-10H,(H,11,12)/p-1. The molecule has 0 heterocycles. The maximum absolute atomic E-state index is 10.2. The van der Waals surface area contributed by atoms with E-state index in [-0.39, 0.29) is 11.3 Å². The second-order valence-corrected chi connectivity index (χ2v) is 2.32. The van der Waals surface area contributed by atoms with Crippen LogP contribution in [0, 0.1) is 0 Å². The maximum Gasteiger partial charge on any atom is 0.118 e. The van der Waals surface area contributed by atoms with Gasteiger partial charge in [-0.15, -0.1) is 0 Å². The predicted octanol–water partition coefficient (Wildman–Crippen LogP) is -0.825. The highest BCUT2D eigenvalue weighted by Gasteiger charge is 2.07. The Labute approximate surface area is 68.7 Å². The van der Waals surface area contributed by atoms with Crippen LogP contribution in [0.5, 0.6) is 5.75 Å². The Morgan fingerprint density at radius 2 is 2.17 bits per heavy atom. The zero-order valence-corrected chi connectivity index (χ0v) is 6.10. The van der Waals surface area contributed by atoms with Crippen LogP contribution in [0.2, 0.25) is 0 Å². The van der Waals surface area contributed by atoms with Crippen LogP contribution >= 0.6 is 0 Å². The Hall–Kier alpha value is -1.55. The smallest absolute Gasteiger partial charge is 0.118 e. The number of aliphatic hydroxyl groups is 1. The number of aromatic hydroxyl groups is 1. The fraction of sp³-hybridized carbons (Fsp3) is 0.125. The Morgan fingerprint density at radius 3 is 2.67 bits per heavy atom. The minimum absolute atomic E-state index is 0.0900. The van der Waals surface area contributed by atoms with E-state index in [4.69, 9.17) is 10.2 Å². The fourth-order valence-electron chi connectivity index (χ4n) is 0.831. The van der Waals surface area contributed by atoms with Crippen molar-refractivity contribution in [2.45, 2.75) is 6.10 Å². The average molecular weight is 167 g/mol. The van der Waals surface area contributed by atoms with E-state index in [0.29, 0.717) is 0 Å². The van der Waals surface area contributed by atoms with Gasteiger partial charge in [-0.1, -0.05) is 12.1 Å². The molecular weight excluding hydrogens is 160 g/mol. The van der Waals surface area contributed by atoms with Crippen molar-refractivity contribution in [3.8, 4) is 5.75 Å². The quantitative estimate of drug-likeness (QED) is 0.602. The minimum Gasteiger partial charge on any atom is -0.547 e. The third kappa shape index (κ3) is 1.73. The van der Waals surface area contributed by atoms with Crippen LogP contribution < -0.4 is 5.11 Å². The molecule has 0 aliphatic rings. The minimum atomic E-state index is -1.68. The molecule has 1 aromatic rings. The Balaban J connectivity index is 2.95. The number of phenolic OH excluding ortho intramolecular Hbond substituents is 1. The largest absolute Gasteiger partial charge is 0.547 e. The van der Waals surface area contributed by atoms with Gasteiger partial charge in [0, 0.05) is 0 Å². The maximum atomic E-state index is 10.2. The first kappa shape index (κ1) is 8.55. The number of phenols is 1. The van der Waals surface area contributed by atoms with E-state index in [1.165, 1.54) is 24.3 Å². The van der Waals surface area contributed by atoms with Crippen LogP contribution in [0.4, 0.5) is 0 Å². The summed E-state index contributed by atoms with van der Waals surface area (Å²) in [6.07, 6.45) is -1.68. The summed E-state index contributed by atoms with van der Waals surface area (Å²) in [5.74, 6) is -1.67. The van der Waals surface area contributed by atoms with Crippen LogP contribution in [0.3, 0.4) is 0 Å². The molecule has 1 unspecified atom stereocenters. The van der Waals surface area contributed by atoms with E-state index in [1.807, 2.05) is 0 Å². The molecule has 1 atom stereocenters. The van der Waals surface area contributed by atoms with Crippen LogP contribution in [0.25, 0.3) is 0 Å². The lowest BCUT2D eigenvalue weighted by Crippen LogP contribution is -2.29. The molecule has 0 spiro atoms. The predicted molar refractivity (Wildman–Crippen MR) is 38.1 cm³/mol. The summed E-state index contributed by atoms with van der Waals surface area (Å²) in [6, 6.07) is 5.38. The zero-order valence-electron chi connectivity index (χ0n) is 6.10. The molecule has 0 aliphatic heterocycles. The lowest BCUT2D eigenvalue weighted by Gasteiger charge is -2.11. The van der Waals surface area contributed by atoms with Crippen molar-refractivity contribution in [1.29, 1.82) is 0 Å². The molecule has 0 radical (unpaired) electrons. The van der Waals surface area contributed by atoms with Gasteiger partial charge >= 0.3 is 0 Å². The fourth-order valence-corrected chi connectivity index (χ4v) is 0.831. The number of hydrogen-bond donors (Lipinski definition) is 2.